The largest absolute Gasteiger partial charge is 0.379 e. The van der Waals surface area contributed by atoms with Gasteiger partial charge in [-0.1, -0.05) is 38.1 Å². The average Bonchev–Trinajstić information content (AvgIpc) is 3.27. The molecule has 0 amide bonds. The second-order valence-corrected chi connectivity index (χ2v) is 7.46. The summed E-state index contributed by atoms with van der Waals surface area (Å²) in [4.78, 5) is 7.13. The number of hydrogen-bond donors (Lipinski definition) is 2. The number of rotatable bonds is 13. The zero-order chi connectivity index (χ0) is 20.7. The maximum atomic E-state index is 5.71. The van der Waals surface area contributed by atoms with Gasteiger partial charge in [-0.25, -0.2) is 4.99 Å². The number of nitrogens with one attached hydrogen (secondary N) is 2. The molecule has 1 unspecified atom stereocenters. The predicted octanol–water partition coefficient (Wildman–Crippen LogP) is 3.79. The van der Waals surface area contributed by atoms with Crippen molar-refractivity contribution in [2.45, 2.75) is 59.2 Å². The maximum absolute atomic E-state index is 5.71. The molecule has 30 heavy (non-hydrogen) atoms. The fourth-order valence-corrected chi connectivity index (χ4v) is 3.34. The standard InChI is InChI=1S/C23H40N4O2.HI/c1-4-24-23(25-14-8-15-28-19-22-9-7-16-29-22)26-17-20-10-12-21(13-11-20)18-27(5-2)6-3;/h10-13,22H,4-9,14-19H2,1-3H3,(H2,24,25,26);1H. The van der Waals surface area contributed by atoms with Crippen molar-refractivity contribution in [3.8, 4) is 0 Å². The first kappa shape index (κ1) is 27.1. The summed E-state index contributed by atoms with van der Waals surface area (Å²) < 4.78 is 11.3. The van der Waals surface area contributed by atoms with Crippen molar-refractivity contribution >= 4 is 29.9 Å². The number of guanidine groups is 1. The molecule has 0 radical (unpaired) electrons. The van der Waals surface area contributed by atoms with Crippen molar-refractivity contribution in [3.63, 3.8) is 0 Å². The molecule has 7 heteroatoms. The summed E-state index contributed by atoms with van der Waals surface area (Å²) in [5.41, 5.74) is 2.58. The van der Waals surface area contributed by atoms with Gasteiger partial charge in [0.25, 0.3) is 0 Å². The minimum atomic E-state index is 0. The molecule has 0 aliphatic carbocycles. The third kappa shape index (κ3) is 10.9. The first-order valence-electron chi connectivity index (χ1n) is 11.3. The summed E-state index contributed by atoms with van der Waals surface area (Å²) in [6.45, 7) is 14.4. The fraction of sp³-hybridized carbons (Fsp3) is 0.696. The van der Waals surface area contributed by atoms with Crippen LogP contribution >= 0.6 is 24.0 Å². The third-order valence-corrected chi connectivity index (χ3v) is 5.17. The summed E-state index contributed by atoms with van der Waals surface area (Å²) >= 11 is 0. The Balaban J connectivity index is 0.00000450. The second-order valence-electron chi connectivity index (χ2n) is 7.46. The maximum Gasteiger partial charge on any atom is 0.191 e. The van der Waals surface area contributed by atoms with Gasteiger partial charge in [0, 0.05) is 32.8 Å². The highest BCUT2D eigenvalue weighted by molar-refractivity contribution is 14.0. The van der Waals surface area contributed by atoms with Gasteiger partial charge in [0.1, 0.15) is 0 Å². The SMILES string of the molecule is CCNC(=NCc1ccc(CN(CC)CC)cc1)NCCCOCC1CCCO1.I. The van der Waals surface area contributed by atoms with Crippen LogP contribution in [0.3, 0.4) is 0 Å². The molecule has 1 aromatic carbocycles. The van der Waals surface area contributed by atoms with Gasteiger partial charge in [-0.2, -0.15) is 0 Å². The van der Waals surface area contributed by atoms with Crippen LogP contribution in [0.1, 0.15) is 51.2 Å². The molecule has 1 aromatic rings. The molecule has 172 valence electrons. The van der Waals surface area contributed by atoms with Gasteiger partial charge < -0.3 is 20.1 Å². The van der Waals surface area contributed by atoms with Crippen molar-refractivity contribution in [1.82, 2.24) is 15.5 Å². The lowest BCUT2D eigenvalue weighted by Crippen LogP contribution is -2.38. The van der Waals surface area contributed by atoms with Crippen molar-refractivity contribution in [2.75, 3.05) is 46.0 Å². The Kier molecular flexibility index (Phi) is 15.2. The number of nitrogens with zero attached hydrogens (tertiary/aromatic N) is 2. The zero-order valence-corrected chi connectivity index (χ0v) is 21.3. The van der Waals surface area contributed by atoms with Gasteiger partial charge >= 0.3 is 0 Å². The monoisotopic (exact) mass is 532 g/mol. The highest BCUT2D eigenvalue weighted by Crippen LogP contribution is 2.12. The van der Waals surface area contributed by atoms with Gasteiger partial charge in [-0.15, -0.1) is 24.0 Å². The van der Waals surface area contributed by atoms with Gasteiger partial charge in [0.05, 0.1) is 19.3 Å². The van der Waals surface area contributed by atoms with E-state index < -0.39 is 0 Å². The first-order valence-corrected chi connectivity index (χ1v) is 11.3. The molecule has 0 bridgehead atoms. The van der Waals surface area contributed by atoms with Crippen LogP contribution in [0.5, 0.6) is 0 Å². The minimum absolute atomic E-state index is 0. The van der Waals surface area contributed by atoms with Crippen LogP contribution in [-0.4, -0.2) is 63.0 Å². The van der Waals surface area contributed by atoms with Crippen molar-refractivity contribution in [1.29, 1.82) is 0 Å². The van der Waals surface area contributed by atoms with E-state index >= 15 is 0 Å². The molecular weight excluding hydrogens is 491 g/mol. The van der Waals surface area contributed by atoms with Crippen LogP contribution in [-0.2, 0) is 22.6 Å². The van der Waals surface area contributed by atoms with E-state index in [1.54, 1.807) is 0 Å². The third-order valence-electron chi connectivity index (χ3n) is 5.17. The van der Waals surface area contributed by atoms with Gasteiger partial charge in [0.15, 0.2) is 5.96 Å². The first-order chi connectivity index (χ1) is 14.2. The molecule has 0 spiro atoms. The van der Waals surface area contributed by atoms with E-state index in [0.29, 0.717) is 12.6 Å². The Labute approximate surface area is 200 Å². The molecular formula is C23H41IN4O2. The Hall–Kier alpha value is -0.900. The van der Waals surface area contributed by atoms with Crippen LogP contribution in [0.15, 0.2) is 29.3 Å². The number of aliphatic imine (C=N–C) groups is 1. The second kappa shape index (κ2) is 16.8. The van der Waals surface area contributed by atoms with E-state index in [-0.39, 0.29) is 24.0 Å². The summed E-state index contributed by atoms with van der Waals surface area (Å²) in [6.07, 6.45) is 3.56. The fourth-order valence-electron chi connectivity index (χ4n) is 3.34. The predicted molar refractivity (Wildman–Crippen MR) is 136 cm³/mol. The highest BCUT2D eigenvalue weighted by atomic mass is 127. The van der Waals surface area contributed by atoms with E-state index in [1.807, 2.05) is 0 Å². The minimum Gasteiger partial charge on any atom is -0.379 e. The molecule has 1 saturated heterocycles. The molecule has 1 heterocycles. The summed E-state index contributed by atoms with van der Waals surface area (Å²) in [5.74, 6) is 0.860. The molecule has 0 aromatic heterocycles. The molecule has 1 aliphatic rings. The number of hydrogen-bond acceptors (Lipinski definition) is 4. The van der Waals surface area contributed by atoms with Crippen molar-refractivity contribution in [2.24, 2.45) is 4.99 Å². The van der Waals surface area contributed by atoms with Crippen molar-refractivity contribution < 1.29 is 9.47 Å². The van der Waals surface area contributed by atoms with Crippen LogP contribution < -0.4 is 10.6 Å². The number of benzene rings is 1. The van der Waals surface area contributed by atoms with E-state index in [1.165, 1.54) is 11.1 Å². The Bertz CT molecular complexity index is 573. The average molecular weight is 533 g/mol. The molecule has 1 atom stereocenters. The smallest absolute Gasteiger partial charge is 0.191 e. The van der Waals surface area contributed by atoms with Crippen LogP contribution in [0.25, 0.3) is 0 Å². The number of ether oxygens (including phenoxy) is 2. The summed E-state index contributed by atoms with van der Waals surface area (Å²) in [7, 11) is 0. The van der Waals surface area contributed by atoms with Gasteiger partial charge in [-0.05, 0) is 50.4 Å². The summed E-state index contributed by atoms with van der Waals surface area (Å²) in [6, 6.07) is 8.81. The Morgan fingerprint density at radius 2 is 1.87 bits per heavy atom. The molecule has 2 N–H and O–H groups in total. The highest BCUT2D eigenvalue weighted by Gasteiger charge is 2.14. The molecule has 0 saturated carbocycles. The quantitative estimate of drug-likeness (QED) is 0.175. The van der Waals surface area contributed by atoms with Crippen LogP contribution in [0.2, 0.25) is 0 Å². The lowest BCUT2D eigenvalue weighted by molar-refractivity contribution is 0.0168. The molecule has 6 nitrogen and oxygen atoms in total. The topological polar surface area (TPSA) is 58.1 Å². The molecule has 1 fully saturated rings. The lowest BCUT2D eigenvalue weighted by Gasteiger charge is -2.18. The van der Waals surface area contributed by atoms with Crippen LogP contribution in [0.4, 0.5) is 0 Å². The van der Waals surface area contributed by atoms with E-state index in [9.17, 15) is 0 Å². The molecule has 2 rings (SSSR count). The van der Waals surface area contributed by atoms with E-state index in [0.717, 1.165) is 77.8 Å². The van der Waals surface area contributed by atoms with Crippen molar-refractivity contribution in [3.05, 3.63) is 35.4 Å². The summed E-state index contributed by atoms with van der Waals surface area (Å²) in [5, 5.41) is 6.71. The van der Waals surface area contributed by atoms with E-state index in [4.69, 9.17) is 14.5 Å². The Morgan fingerprint density at radius 3 is 2.50 bits per heavy atom. The normalized spacial score (nSPS) is 16.5. The van der Waals surface area contributed by atoms with Crippen LogP contribution in [0, 0.1) is 0 Å². The van der Waals surface area contributed by atoms with Gasteiger partial charge in [-0.3, -0.25) is 4.90 Å². The Morgan fingerprint density at radius 1 is 1.13 bits per heavy atom. The lowest BCUT2D eigenvalue weighted by atomic mass is 10.1. The zero-order valence-electron chi connectivity index (χ0n) is 19.0. The van der Waals surface area contributed by atoms with E-state index in [2.05, 4.69) is 60.6 Å². The molecule has 1 aliphatic heterocycles. The number of halogens is 1. The van der Waals surface area contributed by atoms with Gasteiger partial charge in [0.2, 0.25) is 0 Å².